The molecule has 1 heterocycles. The predicted molar refractivity (Wildman–Crippen MR) is 104 cm³/mol. The highest BCUT2D eigenvalue weighted by atomic mass is 19.4. The molecule has 1 saturated heterocycles. The number of likely N-dealkylation sites (tertiary alicyclic amines) is 1. The molecule has 28 heavy (non-hydrogen) atoms. The Kier molecular flexibility index (Phi) is 8.14. The topological polar surface area (TPSA) is 47.9 Å². The molecule has 156 valence electrons. The van der Waals surface area contributed by atoms with Gasteiger partial charge in [-0.25, -0.2) is 4.99 Å². The van der Waals surface area contributed by atoms with Gasteiger partial charge in [-0.15, -0.1) is 0 Å². The first kappa shape index (κ1) is 22.0. The van der Waals surface area contributed by atoms with Gasteiger partial charge in [0.05, 0.1) is 0 Å². The van der Waals surface area contributed by atoms with E-state index in [9.17, 15) is 18.0 Å². The maximum absolute atomic E-state index is 12.4. The second-order valence-electron chi connectivity index (χ2n) is 7.16. The maximum atomic E-state index is 12.4. The molecule has 1 aromatic rings. The van der Waals surface area contributed by atoms with E-state index in [4.69, 9.17) is 0 Å². The summed E-state index contributed by atoms with van der Waals surface area (Å²) in [5.74, 6) is 0.544. The van der Waals surface area contributed by atoms with Crippen LogP contribution in [0.1, 0.15) is 25.3 Å². The van der Waals surface area contributed by atoms with Gasteiger partial charge in [-0.3, -0.25) is 4.79 Å². The van der Waals surface area contributed by atoms with E-state index in [2.05, 4.69) is 27.3 Å². The van der Waals surface area contributed by atoms with Crippen LogP contribution in [0.5, 0.6) is 0 Å². The number of benzene rings is 1. The number of hydrogen-bond donors (Lipinski definition) is 1. The molecule has 1 fully saturated rings. The molecule has 0 saturated carbocycles. The van der Waals surface area contributed by atoms with Crippen LogP contribution in [-0.2, 0) is 11.2 Å². The summed E-state index contributed by atoms with van der Waals surface area (Å²) in [7, 11) is 1.15. The zero-order valence-electron chi connectivity index (χ0n) is 16.5. The fraction of sp³-hybridized carbons (Fsp3) is 0.600. The van der Waals surface area contributed by atoms with Crippen molar-refractivity contribution in [3.8, 4) is 0 Å². The van der Waals surface area contributed by atoms with Crippen LogP contribution in [0, 0.1) is 5.92 Å². The number of rotatable bonds is 6. The van der Waals surface area contributed by atoms with Gasteiger partial charge in [-0.05, 0) is 37.7 Å². The van der Waals surface area contributed by atoms with E-state index in [1.165, 1.54) is 5.56 Å². The Bertz CT molecular complexity index is 641. The largest absolute Gasteiger partial charge is 0.406 e. The molecule has 1 aromatic carbocycles. The third-order valence-corrected chi connectivity index (χ3v) is 4.82. The molecule has 0 unspecified atom stereocenters. The number of piperidine rings is 1. The van der Waals surface area contributed by atoms with Crippen molar-refractivity contribution in [1.82, 2.24) is 15.1 Å². The van der Waals surface area contributed by atoms with Crippen molar-refractivity contribution in [2.45, 2.75) is 32.4 Å². The zero-order chi connectivity index (χ0) is 20.6. The van der Waals surface area contributed by atoms with Crippen LogP contribution in [0.3, 0.4) is 0 Å². The van der Waals surface area contributed by atoms with E-state index in [1.807, 2.05) is 25.1 Å². The van der Waals surface area contributed by atoms with Gasteiger partial charge in [-0.1, -0.05) is 30.3 Å². The summed E-state index contributed by atoms with van der Waals surface area (Å²) in [4.78, 5) is 19.0. The molecule has 1 aliphatic rings. The van der Waals surface area contributed by atoms with Gasteiger partial charge in [0.2, 0.25) is 5.91 Å². The fourth-order valence-electron chi connectivity index (χ4n) is 3.34. The average Bonchev–Trinajstić information content (AvgIpc) is 2.65. The number of alkyl halides is 3. The minimum Gasteiger partial charge on any atom is -0.357 e. The number of guanidine groups is 1. The summed E-state index contributed by atoms with van der Waals surface area (Å²) in [6.45, 7) is 2.64. The molecular formula is C20H29F3N4O. The summed E-state index contributed by atoms with van der Waals surface area (Å²) in [6, 6.07) is 10.4. The van der Waals surface area contributed by atoms with E-state index in [1.54, 1.807) is 0 Å². The third-order valence-electron chi connectivity index (χ3n) is 4.82. The van der Waals surface area contributed by atoms with Crippen LogP contribution in [0.25, 0.3) is 0 Å². The van der Waals surface area contributed by atoms with E-state index >= 15 is 0 Å². The molecule has 2 rings (SSSR count). The van der Waals surface area contributed by atoms with Gasteiger partial charge >= 0.3 is 6.18 Å². The Hall–Kier alpha value is -2.25. The fourth-order valence-corrected chi connectivity index (χ4v) is 3.34. The Morgan fingerprint density at radius 3 is 2.46 bits per heavy atom. The van der Waals surface area contributed by atoms with Crippen LogP contribution < -0.4 is 5.32 Å². The summed E-state index contributed by atoms with van der Waals surface area (Å²) < 4.78 is 37.3. The highest BCUT2D eigenvalue weighted by molar-refractivity contribution is 5.85. The van der Waals surface area contributed by atoms with E-state index in [0.717, 1.165) is 39.4 Å². The Morgan fingerprint density at radius 2 is 1.89 bits per heavy atom. The highest BCUT2D eigenvalue weighted by Gasteiger charge is 2.31. The molecule has 8 heteroatoms. The SMILES string of the molecule is CCNC(=NCC(=O)N(C)CC(F)(F)F)N1CCC(Cc2ccccc2)CC1. The monoisotopic (exact) mass is 398 g/mol. The van der Waals surface area contributed by atoms with Gasteiger partial charge in [0.15, 0.2) is 5.96 Å². The lowest BCUT2D eigenvalue weighted by Crippen LogP contribution is -2.46. The number of carbonyl (C=O) groups excluding carboxylic acids is 1. The molecule has 0 spiro atoms. The summed E-state index contributed by atoms with van der Waals surface area (Å²) in [6.07, 6.45) is -1.33. The Balaban J connectivity index is 1.88. The number of nitrogens with zero attached hydrogens (tertiary/aromatic N) is 3. The van der Waals surface area contributed by atoms with Crippen molar-refractivity contribution in [1.29, 1.82) is 0 Å². The quantitative estimate of drug-likeness (QED) is 0.592. The maximum Gasteiger partial charge on any atom is 0.406 e. The minimum atomic E-state index is -4.40. The van der Waals surface area contributed by atoms with Crippen LogP contribution in [0.2, 0.25) is 0 Å². The van der Waals surface area contributed by atoms with Crippen molar-refractivity contribution in [3.63, 3.8) is 0 Å². The second-order valence-corrected chi connectivity index (χ2v) is 7.16. The number of carbonyl (C=O) groups is 1. The molecule has 5 nitrogen and oxygen atoms in total. The lowest BCUT2D eigenvalue weighted by molar-refractivity contribution is -0.157. The van der Waals surface area contributed by atoms with Gasteiger partial charge < -0.3 is 15.1 Å². The minimum absolute atomic E-state index is 0.293. The van der Waals surface area contributed by atoms with Gasteiger partial charge in [0, 0.05) is 26.7 Å². The lowest BCUT2D eigenvalue weighted by Gasteiger charge is -2.34. The molecule has 0 aliphatic carbocycles. The predicted octanol–water partition coefficient (Wildman–Crippen LogP) is 2.93. The first-order valence-electron chi connectivity index (χ1n) is 9.66. The average molecular weight is 398 g/mol. The number of nitrogens with one attached hydrogen (secondary N) is 1. The molecule has 0 atom stereocenters. The highest BCUT2D eigenvalue weighted by Crippen LogP contribution is 2.21. The number of hydrogen-bond acceptors (Lipinski definition) is 2. The zero-order valence-corrected chi connectivity index (χ0v) is 16.5. The first-order chi connectivity index (χ1) is 13.3. The van der Waals surface area contributed by atoms with Crippen molar-refractivity contribution in [3.05, 3.63) is 35.9 Å². The van der Waals surface area contributed by atoms with E-state index in [0.29, 0.717) is 23.3 Å². The number of aliphatic imine (C=N–C) groups is 1. The first-order valence-corrected chi connectivity index (χ1v) is 9.66. The second kappa shape index (κ2) is 10.3. The van der Waals surface area contributed by atoms with Crippen molar-refractivity contribution < 1.29 is 18.0 Å². The van der Waals surface area contributed by atoms with Crippen LogP contribution >= 0.6 is 0 Å². The van der Waals surface area contributed by atoms with E-state index < -0.39 is 18.6 Å². The summed E-state index contributed by atoms with van der Waals surface area (Å²) >= 11 is 0. The smallest absolute Gasteiger partial charge is 0.357 e. The number of amides is 1. The van der Waals surface area contributed by atoms with Crippen molar-refractivity contribution in [2.75, 3.05) is 39.8 Å². The molecule has 0 bridgehead atoms. The van der Waals surface area contributed by atoms with Crippen molar-refractivity contribution >= 4 is 11.9 Å². The number of halogens is 3. The normalized spacial score (nSPS) is 16.2. The molecule has 1 N–H and O–H groups in total. The molecule has 1 amide bonds. The van der Waals surface area contributed by atoms with Gasteiger partial charge in [-0.2, -0.15) is 13.2 Å². The van der Waals surface area contributed by atoms with Gasteiger partial charge in [0.25, 0.3) is 0 Å². The standard InChI is InChI=1S/C20H29F3N4O/c1-3-24-19(25-14-18(28)26(2)15-20(21,22)23)27-11-9-17(10-12-27)13-16-7-5-4-6-8-16/h4-8,17H,3,9-15H2,1-2H3,(H,24,25). The van der Waals surface area contributed by atoms with Crippen LogP contribution in [0.4, 0.5) is 13.2 Å². The molecule has 0 aromatic heterocycles. The lowest BCUT2D eigenvalue weighted by atomic mass is 9.90. The Morgan fingerprint density at radius 1 is 1.25 bits per heavy atom. The van der Waals surface area contributed by atoms with Crippen LogP contribution in [-0.4, -0.2) is 67.6 Å². The van der Waals surface area contributed by atoms with Gasteiger partial charge in [0.1, 0.15) is 13.1 Å². The molecular weight excluding hydrogens is 369 g/mol. The Labute approximate surface area is 164 Å². The van der Waals surface area contributed by atoms with E-state index in [-0.39, 0.29) is 6.54 Å². The molecule has 0 radical (unpaired) electrons. The summed E-state index contributed by atoms with van der Waals surface area (Å²) in [5, 5.41) is 3.14. The van der Waals surface area contributed by atoms with Crippen molar-refractivity contribution in [2.24, 2.45) is 10.9 Å². The number of likely N-dealkylation sites (N-methyl/N-ethyl adjacent to an activating group) is 1. The third kappa shape index (κ3) is 7.40. The van der Waals surface area contributed by atoms with Crippen LogP contribution in [0.15, 0.2) is 35.3 Å². The summed E-state index contributed by atoms with van der Waals surface area (Å²) in [5.41, 5.74) is 1.33. The molecule has 1 aliphatic heterocycles.